The van der Waals surface area contributed by atoms with Crippen molar-refractivity contribution in [3.05, 3.63) is 28.6 Å². The van der Waals surface area contributed by atoms with Crippen LogP contribution in [0.25, 0.3) is 10.1 Å². The molecule has 0 radical (unpaired) electrons. The minimum absolute atomic E-state index is 0.168. The molecule has 2 rings (SSSR count). The molecule has 9 heteroatoms. The summed E-state index contributed by atoms with van der Waals surface area (Å²) in [5.74, 6) is -2.78. The van der Waals surface area contributed by atoms with Gasteiger partial charge in [0.15, 0.2) is 6.61 Å². The van der Waals surface area contributed by atoms with Crippen LogP contribution >= 0.6 is 11.3 Å². The van der Waals surface area contributed by atoms with Crippen molar-refractivity contribution < 1.29 is 28.7 Å². The quantitative estimate of drug-likeness (QED) is 0.362. The van der Waals surface area contributed by atoms with Gasteiger partial charge in [0.25, 0.3) is 17.6 Å². The normalized spacial score (nSPS) is 11.9. The fourth-order valence-electron chi connectivity index (χ4n) is 2.88. The first-order valence-electron chi connectivity index (χ1n) is 9.09. The van der Waals surface area contributed by atoms with Gasteiger partial charge in [-0.1, -0.05) is 26.8 Å². The van der Waals surface area contributed by atoms with Crippen LogP contribution in [0.5, 0.6) is 5.75 Å². The molecule has 0 aliphatic carbocycles. The number of ketones is 1. The van der Waals surface area contributed by atoms with Crippen LogP contribution in [0.4, 0.5) is 0 Å². The number of carbonyl (C=O) groups excluding carboxylic acids is 4. The molecule has 8 nitrogen and oxygen atoms in total. The Hall–Kier alpha value is -2.94. The van der Waals surface area contributed by atoms with Crippen molar-refractivity contribution in [3.8, 4) is 5.75 Å². The van der Waals surface area contributed by atoms with Gasteiger partial charge in [-0.2, -0.15) is 0 Å². The highest BCUT2D eigenvalue weighted by Crippen LogP contribution is 2.38. The van der Waals surface area contributed by atoms with Crippen LogP contribution in [0.15, 0.2) is 18.2 Å². The second-order valence-corrected chi connectivity index (χ2v) is 7.81. The number of aryl methyl sites for hydroxylation is 1. The number of nitrogens with one attached hydrogen (secondary N) is 1. The monoisotopic (exact) mass is 420 g/mol. The van der Waals surface area contributed by atoms with Gasteiger partial charge >= 0.3 is 5.97 Å². The molecule has 2 amide bonds. The fourth-order valence-corrected chi connectivity index (χ4v) is 4.04. The summed E-state index contributed by atoms with van der Waals surface area (Å²) in [7, 11) is 1.25. The second-order valence-electron chi connectivity index (χ2n) is 6.68. The van der Waals surface area contributed by atoms with E-state index in [0.29, 0.717) is 11.8 Å². The van der Waals surface area contributed by atoms with Gasteiger partial charge < -0.3 is 20.5 Å². The Morgan fingerprint density at radius 1 is 1.21 bits per heavy atom. The maximum atomic E-state index is 12.4. The Bertz CT molecular complexity index is 950. The molecule has 0 aliphatic heterocycles. The minimum atomic E-state index is -1.05. The number of fused-ring (bicyclic) bond motifs is 1. The van der Waals surface area contributed by atoms with E-state index in [1.807, 2.05) is 6.92 Å². The lowest BCUT2D eigenvalue weighted by Gasteiger charge is -2.20. The molecule has 0 saturated heterocycles. The number of benzene rings is 1. The average molecular weight is 420 g/mol. The van der Waals surface area contributed by atoms with E-state index < -0.39 is 29.6 Å². The van der Waals surface area contributed by atoms with Crippen molar-refractivity contribution in [1.82, 2.24) is 5.32 Å². The molecule has 0 unspecified atom stereocenters. The van der Waals surface area contributed by atoms with E-state index in [4.69, 9.17) is 15.2 Å². The summed E-state index contributed by atoms with van der Waals surface area (Å²) < 4.78 is 11.1. The summed E-state index contributed by atoms with van der Waals surface area (Å²) in [5, 5.41) is 3.04. The number of nitrogens with two attached hydrogens (primary N) is 1. The lowest BCUT2D eigenvalue weighted by molar-refractivity contribution is -0.146. The molecule has 1 aromatic heterocycles. The van der Waals surface area contributed by atoms with Crippen molar-refractivity contribution in [2.24, 2.45) is 11.7 Å². The van der Waals surface area contributed by atoms with Crippen molar-refractivity contribution >= 4 is 45.0 Å². The second kappa shape index (κ2) is 9.51. The largest absolute Gasteiger partial charge is 0.483 e. The molecular weight excluding hydrogens is 396 g/mol. The van der Waals surface area contributed by atoms with E-state index in [2.05, 4.69) is 5.32 Å². The van der Waals surface area contributed by atoms with Crippen LogP contribution in [0.3, 0.4) is 0 Å². The van der Waals surface area contributed by atoms with Gasteiger partial charge in [-0.3, -0.25) is 14.4 Å². The molecule has 156 valence electrons. The molecule has 1 atom stereocenters. The summed E-state index contributed by atoms with van der Waals surface area (Å²) in [6.45, 7) is 5.06. The molecule has 3 N–H and O–H groups in total. The number of ether oxygens (including phenoxy) is 2. The first-order chi connectivity index (χ1) is 13.7. The molecule has 1 aromatic carbocycles. The third kappa shape index (κ3) is 4.92. The Morgan fingerprint density at radius 2 is 1.90 bits per heavy atom. The molecule has 0 spiro atoms. The maximum Gasteiger partial charge on any atom is 0.328 e. The Labute approximate surface area is 172 Å². The third-order valence-electron chi connectivity index (χ3n) is 4.32. The lowest BCUT2D eigenvalue weighted by Crippen LogP contribution is -2.46. The summed E-state index contributed by atoms with van der Waals surface area (Å²) >= 11 is 1.37. The van der Waals surface area contributed by atoms with Crippen LogP contribution in [0.2, 0.25) is 0 Å². The van der Waals surface area contributed by atoms with Crippen LogP contribution in [-0.4, -0.2) is 43.3 Å². The van der Waals surface area contributed by atoms with Crippen LogP contribution in [0, 0.1) is 5.92 Å². The van der Waals surface area contributed by atoms with Crippen molar-refractivity contribution in [1.29, 1.82) is 0 Å². The predicted octanol–water partition coefficient (Wildman–Crippen LogP) is 1.82. The number of amides is 2. The lowest BCUT2D eigenvalue weighted by atomic mass is 10.0. The number of thiophene rings is 1. The van der Waals surface area contributed by atoms with Crippen LogP contribution < -0.4 is 15.8 Å². The molecule has 0 saturated carbocycles. The van der Waals surface area contributed by atoms with E-state index in [-0.39, 0.29) is 23.8 Å². The van der Waals surface area contributed by atoms with Crippen molar-refractivity contribution in [2.45, 2.75) is 33.2 Å². The predicted molar refractivity (Wildman–Crippen MR) is 109 cm³/mol. The van der Waals surface area contributed by atoms with E-state index in [1.165, 1.54) is 18.4 Å². The fraction of sp³-hybridized carbons (Fsp3) is 0.400. The smallest absolute Gasteiger partial charge is 0.328 e. The molecule has 2 aromatic rings. The van der Waals surface area contributed by atoms with Crippen LogP contribution in [0.1, 0.15) is 36.0 Å². The highest BCUT2D eigenvalue weighted by molar-refractivity contribution is 7.19. The number of primary amides is 1. The summed E-state index contributed by atoms with van der Waals surface area (Å²) in [5.41, 5.74) is 5.42. The Morgan fingerprint density at radius 3 is 2.45 bits per heavy atom. The summed E-state index contributed by atoms with van der Waals surface area (Å²) in [4.78, 5) is 48.7. The molecule has 0 bridgehead atoms. The number of hydrogen-bond donors (Lipinski definition) is 2. The van der Waals surface area contributed by atoms with Gasteiger partial charge in [0.05, 0.1) is 12.7 Å². The highest BCUT2D eigenvalue weighted by Gasteiger charge is 2.26. The van der Waals surface area contributed by atoms with Crippen molar-refractivity contribution in [2.75, 3.05) is 13.7 Å². The Kier molecular flexibility index (Phi) is 7.33. The SMILES string of the molecule is CCc1sc2cccc(OCC(=O)N[C@@H](C(=O)OC)C(C)C)c2c1C(=O)C(N)=O. The van der Waals surface area contributed by atoms with Gasteiger partial charge in [0.2, 0.25) is 0 Å². The Balaban J connectivity index is 2.29. The topological polar surface area (TPSA) is 125 Å². The zero-order valence-corrected chi connectivity index (χ0v) is 17.6. The van der Waals surface area contributed by atoms with E-state index >= 15 is 0 Å². The van der Waals surface area contributed by atoms with Crippen LogP contribution in [-0.2, 0) is 25.5 Å². The van der Waals surface area contributed by atoms with Gasteiger partial charge in [0.1, 0.15) is 11.8 Å². The zero-order valence-electron chi connectivity index (χ0n) is 16.7. The maximum absolute atomic E-state index is 12.4. The number of hydrogen-bond acceptors (Lipinski definition) is 7. The number of Topliss-reactive ketones (excluding diaryl/α,β-unsaturated/α-hetero) is 1. The van der Waals surface area contributed by atoms with Gasteiger partial charge in [-0.15, -0.1) is 11.3 Å². The number of rotatable bonds is 9. The molecule has 1 heterocycles. The van der Waals surface area contributed by atoms with Crippen molar-refractivity contribution in [3.63, 3.8) is 0 Å². The first kappa shape index (κ1) is 22.4. The van der Waals surface area contributed by atoms with E-state index in [0.717, 1.165) is 9.58 Å². The number of carbonyl (C=O) groups is 4. The highest BCUT2D eigenvalue weighted by atomic mass is 32.1. The number of esters is 1. The first-order valence-corrected chi connectivity index (χ1v) is 9.91. The minimum Gasteiger partial charge on any atom is -0.483 e. The number of methoxy groups -OCH3 is 1. The molecule has 29 heavy (non-hydrogen) atoms. The third-order valence-corrected chi connectivity index (χ3v) is 5.62. The van der Waals surface area contributed by atoms with Gasteiger partial charge in [0, 0.05) is 15.0 Å². The molecular formula is C20H24N2O6S. The van der Waals surface area contributed by atoms with E-state index in [1.54, 1.807) is 32.0 Å². The van der Waals surface area contributed by atoms with Gasteiger partial charge in [-0.25, -0.2) is 4.79 Å². The molecule has 0 aliphatic rings. The molecule has 0 fully saturated rings. The standard InChI is InChI=1S/C20H24N2O6S/c1-5-12-16(18(24)19(21)25)15-11(7-6-8-13(15)29-12)28-9-14(23)22-17(10(2)3)20(26)27-4/h6-8,10,17H,5,9H2,1-4H3,(H2,21,25)(H,22,23)/t17-/m1/s1. The zero-order chi connectivity index (χ0) is 21.7. The van der Waals surface area contributed by atoms with Gasteiger partial charge in [-0.05, 0) is 24.5 Å². The summed E-state index contributed by atoms with van der Waals surface area (Å²) in [6, 6.07) is 4.34. The average Bonchev–Trinajstić information content (AvgIpc) is 3.08. The van der Waals surface area contributed by atoms with E-state index in [9.17, 15) is 19.2 Å². The summed E-state index contributed by atoms with van der Waals surface area (Å²) in [6.07, 6.45) is 0.544.